The summed E-state index contributed by atoms with van der Waals surface area (Å²) >= 11 is 0. The first-order valence-corrected chi connectivity index (χ1v) is 12.4. The normalized spacial score (nSPS) is 14.6. The van der Waals surface area contributed by atoms with Crippen molar-refractivity contribution in [2.24, 2.45) is 11.8 Å². The van der Waals surface area contributed by atoms with Crippen LogP contribution >= 0.6 is 0 Å². The Labute approximate surface area is 203 Å². The lowest BCUT2D eigenvalue weighted by molar-refractivity contribution is 0.0707. The highest BCUT2D eigenvalue weighted by Crippen LogP contribution is 2.35. The van der Waals surface area contributed by atoms with Gasteiger partial charge in [-0.2, -0.15) is 5.10 Å². The molecule has 1 N–H and O–H groups in total. The number of nitrogens with zero attached hydrogens (tertiary/aromatic N) is 3. The van der Waals surface area contributed by atoms with E-state index in [0.29, 0.717) is 18.8 Å². The van der Waals surface area contributed by atoms with Gasteiger partial charge in [0, 0.05) is 25.7 Å². The molecule has 1 aliphatic carbocycles. The maximum Gasteiger partial charge on any atom is 0.227 e. The Hall–Kier alpha value is -2.83. The predicted molar refractivity (Wildman–Crippen MR) is 135 cm³/mol. The Bertz CT molecular complexity index is 1060. The molecule has 0 bridgehead atoms. The molecule has 34 heavy (non-hydrogen) atoms. The van der Waals surface area contributed by atoms with Gasteiger partial charge in [0.15, 0.2) is 0 Å². The van der Waals surface area contributed by atoms with E-state index in [2.05, 4.69) is 25.7 Å². The minimum atomic E-state index is -0.365. The van der Waals surface area contributed by atoms with Gasteiger partial charge in [-0.15, -0.1) is 0 Å². The van der Waals surface area contributed by atoms with Crippen LogP contribution < -0.4 is 9.47 Å². The number of benzene rings is 2. The molecule has 182 valence electrons. The molecular weight excluding hydrogens is 426 g/mol. The molecule has 1 fully saturated rings. The zero-order valence-electron chi connectivity index (χ0n) is 20.8. The molecule has 0 amide bonds. The monoisotopic (exact) mass is 463 g/mol. The third kappa shape index (κ3) is 5.99. The van der Waals surface area contributed by atoms with Gasteiger partial charge in [-0.25, -0.2) is 4.68 Å². The molecular formula is C28H37N3O3. The summed E-state index contributed by atoms with van der Waals surface area (Å²) in [6, 6.07) is 17.8. The van der Waals surface area contributed by atoms with Gasteiger partial charge in [0.2, 0.25) is 5.88 Å². The minimum absolute atomic E-state index is 0.215. The SMILES string of the molecule is CCc1nn(-c2ccccc2)c(Oc2cccc(OC)c2)c1CN(CC1CC1)C[C@@H](O)C(C)C. The lowest BCUT2D eigenvalue weighted by Crippen LogP contribution is -2.36. The van der Waals surface area contributed by atoms with Gasteiger partial charge in [0.25, 0.3) is 0 Å². The van der Waals surface area contributed by atoms with Crippen molar-refractivity contribution in [3.05, 3.63) is 65.9 Å². The summed E-state index contributed by atoms with van der Waals surface area (Å²) < 4.78 is 13.8. The summed E-state index contributed by atoms with van der Waals surface area (Å²) in [5.74, 6) is 3.10. The van der Waals surface area contributed by atoms with E-state index < -0.39 is 0 Å². The zero-order chi connectivity index (χ0) is 24.1. The Morgan fingerprint density at radius 2 is 1.82 bits per heavy atom. The number of aliphatic hydroxyl groups is 1. The van der Waals surface area contributed by atoms with Gasteiger partial charge in [-0.3, -0.25) is 4.90 Å². The van der Waals surface area contributed by atoms with Crippen LogP contribution in [0.2, 0.25) is 0 Å². The zero-order valence-corrected chi connectivity index (χ0v) is 20.8. The van der Waals surface area contributed by atoms with E-state index >= 15 is 0 Å². The van der Waals surface area contributed by atoms with Gasteiger partial charge in [0.1, 0.15) is 11.5 Å². The summed E-state index contributed by atoms with van der Waals surface area (Å²) in [5.41, 5.74) is 3.05. The molecule has 1 atom stereocenters. The maximum atomic E-state index is 10.7. The number of methoxy groups -OCH3 is 1. The topological polar surface area (TPSA) is 59.8 Å². The molecule has 1 heterocycles. The van der Waals surface area contributed by atoms with E-state index in [0.717, 1.165) is 47.5 Å². The van der Waals surface area contributed by atoms with Crippen LogP contribution in [0.25, 0.3) is 5.69 Å². The lowest BCUT2D eigenvalue weighted by Gasteiger charge is -2.27. The molecule has 0 aliphatic heterocycles. The fourth-order valence-electron chi connectivity index (χ4n) is 4.11. The number of aryl methyl sites for hydroxylation is 1. The van der Waals surface area contributed by atoms with E-state index in [-0.39, 0.29) is 12.0 Å². The molecule has 1 aromatic heterocycles. The van der Waals surface area contributed by atoms with Crippen LogP contribution in [0.4, 0.5) is 0 Å². The average molecular weight is 464 g/mol. The Kier molecular flexibility index (Phi) is 7.91. The van der Waals surface area contributed by atoms with Crippen molar-refractivity contribution in [2.75, 3.05) is 20.2 Å². The van der Waals surface area contributed by atoms with E-state index in [1.54, 1.807) is 7.11 Å². The molecule has 6 heteroatoms. The number of aromatic nitrogens is 2. The third-order valence-corrected chi connectivity index (χ3v) is 6.42. The van der Waals surface area contributed by atoms with Crippen LogP contribution in [-0.4, -0.2) is 46.1 Å². The van der Waals surface area contributed by atoms with Crippen LogP contribution in [0.15, 0.2) is 54.6 Å². The first-order valence-electron chi connectivity index (χ1n) is 12.4. The molecule has 1 saturated carbocycles. The summed E-state index contributed by atoms with van der Waals surface area (Å²) in [4.78, 5) is 2.38. The van der Waals surface area contributed by atoms with Gasteiger partial charge >= 0.3 is 0 Å². The Balaban J connectivity index is 1.73. The highest BCUT2D eigenvalue weighted by Gasteiger charge is 2.29. The fraction of sp³-hybridized carbons (Fsp3) is 0.464. The quantitative estimate of drug-likeness (QED) is 0.386. The fourth-order valence-corrected chi connectivity index (χ4v) is 4.11. The second-order valence-corrected chi connectivity index (χ2v) is 9.56. The largest absolute Gasteiger partial charge is 0.497 e. The van der Waals surface area contributed by atoms with E-state index in [1.807, 2.05) is 59.3 Å². The van der Waals surface area contributed by atoms with Crippen LogP contribution in [0.3, 0.4) is 0 Å². The molecule has 0 unspecified atom stereocenters. The standard InChI is InChI=1S/C28H37N3O3/c1-5-26-25(18-30(17-21-14-15-21)19-27(32)20(2)3)28(31(29-26)22-10-7-6-8-11-22)34-24-13-9-12-23(16-24)33-4/h6-13,16,20-21,27,32H,5,14-15,17-19H2,1-4H3/t27-/m1/s1. The highest BCUT2D eigenvalue weighted by molar-refractivity contribution is 5.44. The lowest BCUT2D eigenvalue weighted by atomic mass is 10.1. The second-order valence-electron chi connectivity index (χ2n) is 9.56. The number of ether oxygens (including phenoxy) is 2. The number of rotatable bonds is 12. The Morgan fingerprint density at radius 1 is 1.09 bits per heavy atom. The van der Waals surface area contributed by atoms with E-state index in [1.165, 1.54) is 12.8 Å². The van der Waals surface area contributed by atoms with Gasteiger partial charge in [-0.1, -0.05) is 45.0 Å². The first kappa shape index (κ1) is 24.3. The minimum Gasteiger partial charge on any atom is -0.497 e. The molecule has 3 aromatic rings. The van der Waals surface area contributed by atoms with Gasteiger partial charge in [0.05, 0.1) is 30.2 Å². The van der Waals surface area contributed by atoms with Crippen molar-refractivity contribution >= 4 is 0 Å². The van der Waals surface area contributed by atoms with Crippen LogP contribution in [-0.2, 0) is 13.0 Å². The maximum absolute atomic E-state index is 10.7. The molecule has 1 aliphatic rings. The number of para-hydroxylation sites is 1. The number of hydrogen-bond acceptors (Lipinski definition) is 5. The predicted octanol–water partition coefficient (Wildman–Crippen LogP) is 5.46. The smallest absolute Gasteiger partial charge is 0.227 e. The summed E-state index contributed by atoms with van der Waals surface area (Å²) in [6.45, 7) is 8.60. The highest BCUT2D eigenvalue weighted by atomic mass is 16.5. The van der Waals surface area contributed by atoms with Crippen molar-refractivity contribution in [3.8, 4) is 23.1 Å². The summed E-state index contributed by atoms with van der Waals surface area (Å²) in [5, 5.41) is 15.6. The van der Waals surface area contributed by atoms with Crippen molar-refractivity contribution in [3.63, 3.8) is 0 Å². The van der Waals surface area contributed by atoms with Gasteiger partial charge < -0.3 is 14.6 Å². The summed E-state index contributed by atoms with van der Waals surface area (Å²) in [7, 11) is 1.66. The average Bonchev–Trinajstić information content (AvgIpc) is 3.60. The first-order chi connectivity index (χ1) is 16.5. The number of aliphatic hydroxyl groups excluding tert-OH is 1. The van der Waals surface area contributed by atoms with Crippen molar-refractivity contribution in [1.82, 2.24) is 14.7 Å². The van der Waals surface area contributed by atoms with Crippen molar-refractivity contribution in [1.29, 1.82) is 0 Å². The molecule has 0 saturated heterocycles. The van der Waals surface area contributed by atoms with Crippen molar-refractivity contribution in [2.45, 2.75) is 52.7 Å². The molecule has 4 rings (SSSR count). The summed E-state index contributed by atoms with van der Waals surface area (Å²) in [6.07, 6.45) is 2.97. The third-order valence-electron chi connectivity index (χ3n) is 6.42. The second kappa shape index (κ2) is 11.1. The van der Waals surface area contributed by atoms with Gasteiger partial charge in [-0.05, 0) is 55.4 Å². The molecule has 0 radical (unpaired) electrons. The molecule has 6 nitrogen and oxygen atoms in total. The molecule has 2 aromatic carbocycles. The van der Waals surface area contributed by atoms with E-state index in [9.17, 15) is 5.11 Å². The Morgan fingerprint density at radius 3 is 2.47 bits per heavy atom. The number of hydrogen-bond donors (Lipinski definition) is 1. The van der Waals surface area contributed by atoms with Crippen LogP contribution in [0.5, 0.6) is 17.4 Å². The van der Waals surface area contributed by atoms with Crippen LogP contribution in [0.1, 0.15) is 44.9 Å². The van der Waals surface area contributed by atoms with E-state index in [4.69, 9.17) is 14.6 Å². The van der Waals surface area contributed by atoms with Crippen molar-refractivity contribution < 1.29 is 14.6 Å². The van der Waals surface area contributed by atoms with Crippen LogP contribution in [0, 0.1) is 11.8 Å². The molecule has 0 spiro atoms.